The van der Waals surface area contributed by atoms with Gasteiger partial charge in [0.1, 0.15) is 4.90 Å². The second kappa shape index (κ2) is 9.54. The number of piperidine rings is 1. The maximum absolute atomic E-state index is 12.7. The first kappa shape index (κ1) is 20.8. The number of carbonyl (C=O) groups is 1. The van der Waals surface area contributed by atoms with Crippen LogP contribution in [0.25, 0.3) is 0 Å². The van der Waals surface area contributed by atoms with Crippen molar-refractivity contribution in [1.82, 2.24) is 14.6 Å². The van der Waals surface area contributed by atoms with Gasteiger partial charge < -0.3 is 5.32 Å². The summed E-state index contributed by atoms with van der Waals surface area (Å²) in [6.07, 6.45) is 4.40. The molecule has 0 spiro atoms. The van der Waals surface area contributed by atoms with E-state index in [9.17, 15) is 13.2 Å². The summed E-state index contributed by atoms with van der Waals surface area (Å²) in [5.41, 5.74) is 0.700. The highest BCUT2D eigenvalue weighted by atomic mass is 32.2. The molecule has 1 aliphatic rings. The third-order valence-corrected chi connectivity index (χ3v) is 7.67. The van der Waals surface area contributed by atoms with Gasteiger partial charge in [0.25, 0.3) is 5.91 Å². The average molecular weight is 420 g/mol. The highest BCUT2D eigenvalue weighted by Gasteiger charge is 2.29. The standard InChI is InChI=1S/C20H25N3O3S2/c1-2-27-19-8-4-3-7-18(19)20(24)22-14-16-9-12-23(13-10-16)28(25,26)17-6-5-11-21-15-17/h3-8,11,15-16H,2,9-10,12-14H2,1H3,(H,22,24). The van der Waals surface area contributed by atoms with E-state index in [1.807, 2.05) is 24.3 Å². The Bertz CT molecular complexity index is 896. The summed E-state index contributed by atoms with van der Waals surface area (Å²) in [4.78, 5) is 17.7. The molecule has 1 N–H and O–H groups in total. The average Bonchev–Trinajstić information content (AvgIpc) is 2.73. The molecular weight excluding hydrogens is 394 g/mol. The van der Waals surface area contributed by atoms with Gasteiger partial charge in [-0.25, -0.2) is 8.42 Å². The number of hydrogen-bond acceptors (Lipinski definition) is 5. The van der Waals surface area contributed by atoms with Gasteiger partial charge in [0.05, 0.1) is 5.56 Å². The lowest BCUT2D eigenvalue weighted by Gasteiger charge is -2.31. The lowest BCUT2D eigenvalue weighted by Crippen LogP contribution is -2.41. The predicted octanol–water partition coefficient (Wildman–Crippen LogP) is 3.02. The minimum atomic E-state index is -3.49. The van der Waals surface area contributed by atoms with Gasteiger partial charge in [-0.15, -0.1) is 11.8 Å². The highest BCUT2D eigenvalue weighted by molar-refractivity contribution is 7.99. The Kier molecular flexibility index (Phi) is 7.09. The number of aromatic nitrogens is 1. The lowest BCUT2D eigenvalue weighted by molar-refractivity contribution is 0.0938. The molecule has 6 nitrogen and oxygen atoms in total. The van der Waals surface area contributed by atoms with Crippen LogP contribution < -0.4 is 5.32 Å². The van der Waals surface area contributed by atoms with Gasteiger partial charge in [-0.2, -0.15) is 4.31 Å². The summed E-state index contributed by atoms with van der Waals surface area (Å²) in [6, 6.07) is 10.8. The number of nitrogens with one attached hydrogen (secondary N) is 1. The van der Waals surface area contributed by atoms with E-state index in [2.05, 4.69) is 17.2 Å². The van der Waals surface area contributed by atoms with E-state index in [1.165, 1.54) is 10.5 Å². The highest BCUT2D eigenvalue weighted by Crippen LogP contribution is 2.24. The third-order valence-electron chi connectivity index (χ3n) is 4.83. The second-order valence-corrected chi connectivity index (χ2v) is 9.92. The molecule has 0 saturated carbocycles. The van der Waals surface area contributed by atoms with Gasteiger partial charge in [0.15, 0.2) is 0 Å². The second-order valence-electron chi connectivity index (χ2n) is 6.68. The summed E-state index contributed by atoms with van der Waals surface area (Å²) in [7, 11) is -3.49. The van der Waals surface area contributed by atoms with Gasteiger partial charge >= 0.3 is 0 Å². The SMILES string of the molecule is CCSc1ccccc1C(=O)NCC1CCN(S(=O)(=O)c2cccnc2)CC1. The minimum Gasteiger partial charge on any atom is -0.352 e. The first-order valence-corrected chi connectivity index (χ1v) is 11.8. The first-order chi connectivity index (χ1) is 13.5. The van der Waals surface area contributed by atoms with Crippen molar-refractivity contribution in [3.05, 3.63) is 54.4 Å². The molecule has 0 bridgehead atoms. The lowest BCUT2D eigenvalue weighted by atomic mass is 9.98. The molecular formula is C20H25N3O3S2. The molecule has 2 aromatic rings. The normalized spacial score (nSPS) is 16.0. The van der Waals surface area contributed by atoms with Crippen LogP contribution in [0.15, 0.2) is 58.6 Å². The van der Waals surface area contributed by atoms with Crippen LogP contribution in [0.2, 0.25) is 0 Å². The Hall–Kier alpha value is -1.90. The van der Waals surface area contributed by atoms with Gasteiger partial charge in [-0.05, 0) is 48.8 Å². The number of thioether (sulfide) groups is 1. The molecule has 0 atom stereocenters. The Morgan fingerprint density at radius 2 is 1.96 bits per heavy atom. The smallest absolute Gasteiger partial charge is 0.252 e. The van der Waals surface area contributed by atoms with Gasteiger partial charge in [-0.1, -0.05) is 19.1 Å². The number of hydrogen-bond donors (Lipinski definition) is 1. The van der Waals surface area contributed by atoms with E-state index in [0.717, 1.165) is 23.5 Å². The van der Waals surface area contributed by atoms with Crippen LogP contribution in [0.3, 0.4) is 0 Å². The quantitative estimate of drug-likeness (QED) is 0.698. The zero-order valence-electron chi connectivity index (χ0n) is 15.9. The van der Waals surface area contributed by atoms with E-state index in [1.54, 1.807) is 30.1 Å². The molecule has 3 rings (SSSR count). The van der Waals surface area contributed by atoms with Crippen molar-refractivity contribution in [2.75, 3.05) is 25.4 Å². The van der Waals surface area contributed by atoms with Gasteiger partial charge in [0, 0.05) is 36.9 Å². The Labute approximate surface area is 170 Å². The van der Waals surface area contributed by atoms with E-state index in [-0.39, 0.29) is 16.7 Å². The van der Waals surface area contributed by atoms with Gasteiger partial charge in [0.2, 0.25) is 10.0 Å². The zero-order valence-corrected chi connectivity index (χ0v) is 17.5. The van der Waals surface area contributed by atoms with E-state index in [4.69, 9.17) is 0 Å². The molecule has 0 aliphatic carbocycles. The Balaban J connectivity index is 1.53. The summed E-state index contributed by atoms with van der Waals surface area (Å²) < 4.78 is 26.8. The maximum Gasteiger partial charge on any atom is 0.252 e. The topological polar surface area (TPSA) is 79.4 Å². The largest absolute Gasteiger partial charge is 0.352 e. The molecule has 0 radical (unpaired) electrons. The molecule has 1 aliphatic heterocycles. The van der Waals surface area contributed by atoms with Crippen molar-refractivity contribution in [1.29, 1.82) is 0 Å². The van der Waals surface area contributed by atoms with Gasteiger partial charge in [-0.3, -0.25) is 9.78 Å². The molecule has 8 heteroatoms. The fourth-order valence-electron chi connectivity index (χ4n) is 3.27. The number of benzene rings is 1. The van der Waals surface area contributed by atoms with Crippen LogP contribution in [-0.4, -0.2) is 49.0 Å². The van der Waals surface area contributed by atoms with Crippen molar-refractivity contribution in [3.63, 3.8) is 0 Å². The van der Waals surface area contributed by atoms with E-state index >= 15 is 0 Å². The molecule has 1 aromatic carbocycles. The molecule has 150 valence electrons. The van der Waals surface area contributed by atoms with Crippen molar-refractivity contribution in [3.8, 4) is 0 Å². The first-order valence-electron chi connectivity index (χ1n) is 9.42. The molecule has 1 fully saturated rings. The molecule has 1 aromatic heterocycles. The Morgan fingerprint density at radius 3 is 2.64 bits per heavy atom. The van der Waals surface area contributed by atoms with E-state index in [0.29, 0.717) is 25.2 Å². The van der Waals surface area contributed by atoms with Crippen LogP contribution in [0.4, 0.5) is 0 Å². The minimum absolute atomic E-state index is 0.0676. The monoisotopic (exact) mass is 419 g/mol. The summed E-state index contributed by atoms with van der Waals surface area (Å²) >= 11 is 1.65. The van der Waals surface area contributed by atoms with Crippen LogP contribution in [0.1, 0.15) is 30.1 Å². The maximum atomic E-state index is 12.7. The van der Waals surface area contributed by atoms with E-state index < -0.39 is 10.0 Å². The fraction of sp³-hybridized carbons (Fsp3) is 0.400. The number of rotatable bonds is 7. The molecule has 2 heterocycles. The number of sulfonamides is 1. The van der Waals surface area contributed by atoms with Crippen LogP contribution in [0, 0.1) is 5.92 Å². The molecule has 1 saturated heterocycles. The zero-order chi connectivity index (χ0) is 20.0. The molecule has 28 heavy (non-hydrogen) atoms. The number of carbonyl (C=O) groups excluding carboxylic acids is 1. The number of amides is 1. The summed E-state index contributed by atoms with van der Waals surface area (Å²) in [6.45, 7) is 3.54. The number of nitrogens with zero attached hydrogens (tertiary/aromatic N) is 2. The van der Waals surface area contributed by atoms with Crippen LogP contribution >= 0.6 is 11.8 Å². The number of pyridine rings is 1. The Morgan fingerprint density at radius 1 is 1.21 bits per heavy atom. The van der Waals surface area contributed by atoms with Crippen molar-refractivity contribution in [2.24, 2.45) is 5.92 Å². The van der Waals surface area contributed by atoms with Crippen LogP contribution in [0.5, 0.6) is 0 Å². The van der Waals surface area contributed by atoms with Crippen molar-refractivity contribution < 1.29 is 13.2 Å². The summed E-state index contributed by atoms with van der Waals surface area (Å²) in [5.74, 6) is 1.12. The molecule has 1 amide bonds. The van der Waals surface area contributed by atoms with Crippen molar-refractivity contribution in [2.45, 2.75) is 29.6 Å². The predicted molar refractivity (Wildman–Crippen MR) is 111 cm³/mol. The fourth-order valence-corrected chi connectivity index (χ4v) is 5.51. The van der Waals surface area contributed by atoms with Crippen molar-refractivity contribution >= 4 is 27.7 Å². The third kappa shape index (κ3) is 4.92. The van der Waals surface area contributed by atoms with Crippen LogP contribution in [-0.2, 0) is 10.0 Å². The summed E-state index contributed by atoms with van der Waals surface area (Å²) in [5, 5.41) is 3.02. The molecule has 0 unspecified atom stereocenters.